The lowest BCUT2D eigenvalue weighted by molar-refractivity contribution is -0.172. The first-order valence-electron chi connectivity index (χ1n) is 10.3. The Bertz CT molecular complexity index is 956. The van der Waals surface area contributed by atoms with Gasteiger partial charge in [0.1, 0.15) is 11.9 Å². The highest BCUT2D eigenvalue weighted by Gasteiger charge is 2.45. The molecule has 1 amide bonds. The Morgan fingerprint density at radius 3 is 2.31 bits per heavy atom. The monoisotopic (exact) mass is 472 g/mol. The molecule has 32 heavy (non-hydrogen) atoms. The molecule has 174 valence electrons. The normalized spacial score (nSPS) is 15.6. The predicted molar refractivity (Wildman–Crippen MR) is 114 cm³/mol. The van der Waals surface area contributed by atoms with Gasteiger partial charge >= 0.3 is 6.18 Å². The van der Waals surface area contributed by atoms with Crippen LogP contribution in [-0.4, -0.2) is 40.0 Å². The highest BCUT2D eigenvalue weighted by Crippen LogP contribution is 2.43. The largest absolute Gasteiger partial charge is 0.408 e. The van der Waals surface area contributed by atoms with E-state index in [1.807, 2.05) is 6.07 Å². The van der Waals surface area contributed by atoms with E-state index in [1.54, 1.807) is 19.1 Å². The summed E-state index contributed by atoms with van der Waals surface area (Å²) in [7, 11) is 0. The average molecular weight is 473 g/mol. The van der Waals surface area contributed by atoms with Crippen LogP contribution in [0.4, 0.5) is 22.0 Å². The van der Waals surface area contributed by atoms with Crippen molar-refractivity contribution in [3.05, 3.63) is 65.0 Å². The molecule has 0 spiro atoms. The molecule has 0 N–H and O–H groups in total. The van der Waals surface area contributed by atoms with Crippen molar-refractivity contribution in [2.24, 2.45) is 0 Å². The van der Waals surface area contributed by atoms with Gasteiger partial charge in [0, 0.05) is 24.5 Å². The molecule has 3 nitrogen and oxygen atoms in total. The van der Waals surface area contributed by atoms with Crippen molar-refractivity contribution in [3.8, 4) is 0 Å². The molecule has 1 heterocycles. The zero-order valence-electron chi connectivity index (χ0n) is 18.0. The van der Waals surface area contributed by atoms with Gasteiger partial charge in [-0.1, -0.05) is 25.1 Å². The number of hydrogen-bond acceptors (Lipinski definition) is 3. The molecule has 0 aliphatic carbocycles. The van der Waals surface area contributed by atoms with E-state index in [2.05, 4.69) is 0 Å². The van der Waals surface area contributed by atoms with Crippen LogP contribution in [0.5, 0.6) is 0 Å². The molecule has 0 fully saturated rings. The zero-order valence-corrected chi connectivity index (χ0v) is 18.9. The Morgan fingerprint density at radius 2 is 1.75 bits per heavy atom. The second kappa shape index (κ2) is 9.39. The molecule has 1 atom stereocenters. The van der Waals surface area contributed by atoms with Crippen molar-refractivity contribution in [2.75, 3.05) is 13.1 Å². The highest BCUT2D eigenvalue weighted by molar-refractivity contribution is 7.97. The van der Waals surface area contributed by atoms with E-state index in [4.69, 9.17) is 0 Å². The van der Waals surface area contributed by atoms with Crippen molar-refractivity contribution in [1.29, 1.82) is 0 Å². The summed E-state index contributed by atoms with van der Waals surface area (Å²) in [5.74, 6) is -1.21. The number of rotatable bonds is 6. The second-order valence-corrected chi connectivity index (χ2v) is 9.32. The Morgan fingerprint density at radius 1 is 1.09 bits per heavy atom. The number of carbonyl (C=O) groups is 1. The minimum atomic E-state index is -4.56. The number of hydrogen-bond donors (Lipinski definition) is 0. The summed E-state index contributed by atoms with van der Waals surface area (Å²) in [6, 6.07) is 7.75. The summed E-state index contributed by atoms with van der Waals surface area (Å²) < 4.78 is 70.4. The molecule has 9 heteroatoms. The van der Waals surface area contributed by atoms with Gasteiger partial charge in [0.25, 0.3) is 5.91 Å². The first kappa shape index (κ1) is 24.5. The maximum Gasteiger partial charge on any atom is 0.408 e. The molecule has 0 saturated heterocycles. The first-order valence-corrected chi connectivity index (χ1v) is 11.0. The van der Waals surface area contributed by atoms with Gasteiger partial charge in [-0.25, -0.2) is 13.1 Å². The van der Waals surface area contributed by atoms with Crippen LogP contribution in [0.2, 0.25) is 0 Å². The average Bonchev–Trinajstić information content (AvgIpc) is 2.72. The van der Waals surface area contributed by atoms with E-state index >= 15 is 0 Å². The molecule has 2 aromatic carbocycles. The van der Waals surface area contributed by atoms with Gasteiger partial charge in [-0.2, -0.15) is 13.2 Å². The zero-order chi connectivity index (χ0) is 23.7. The summed E-state index contributed by atoms with van der Waals surface area (Å²) in [5, 5.41) is 0. The number of amides is 1. The van der Waals surface area contributed by atoms with Crippen LogP contribution in [0.25, 0.3) is 0 Å². The van der Waals surface area contributed by atoms with Crippen molar-refractivity contribution >= 4 is 17.9 Å². The maximum absolute atomic E-state index is 14.1. The lowest BCUT2D eigenvalue weighted by Gasteiger charge is -2.33. The van der Waals surface area contributed by atoms with E-state index in [0.29, 0.717) is 17.9 Å². The Balaban J connectivity index is 1.85. The molecular weight excluding hydrogens is 447 g/mol. The van der Waals surface area contributed by atoms with Crippen LogP contribution in [0.15, 0.2) is 47.4 Å². The minimum absolute atomic E-state index is 0.0480. The Labute approximate surface area is 188 Å². The molecule has 0 bridgehead atoms. The third kappa shape index (κ3) is 5.61. The third-order valence-corrected chi connectivity index (χ3v) is 6.47. The van der Waals surface area contributed by atoms with E-state index in [-0.39, 0.29) is 18.7 Å². The molecule has 0 radical (unpaired) electrons. The SMILES string of the molecule is CCN(Sc1ccc2c(c1)CN(C(=O)C(C)(C)F)CC2)[C@@H](c1ccc(F)cc1)C(F)(F)F. The number of nitrogens with zero attached hydrogens (tertiary/aromatic N) is 2. The van der Waals surface area contributed by atoms with Crippen molar-refractivity contribution in [2.45, 2.75) is 56.5 Å². The number of halogens is 5. The number of fused-ring (bicyclic) bond motifs is 1. The standard InChI is InChI=1S/C23H25F5N2OS/c1-4-30(20(23(26,27)28)16-5-8-18(24)9-6-16)32-19-10-7-15-11-12-29(14-17(15)13-19)21(31)22(2,3)25/h5-10,13,20H,4,11-12,14H2,1-3H3/t20-/m0/s1. The molecule has 0 aromatic heterocycles. The van der Waals surface area contributed by atoms with Gasteiger partial charge in [0.05, 0.1) is 0 Å². The lowest BCUT2D eigenvalue weighted by atomic mass is 9.98. The molecule has 0 unspecified atom stereocenters. The van der Waals surface area contributed by atoms with Gasteiger partial charge < -0.3 is 4.90 Å². The van der Waals surface area contributed by atoms with Crippen LogP contribution >= 0.6 is 11.9 Å². The molecule has 1 aliphatic heterocycles. The van der Waals surface area contributed by atoms with Crippen molar-refractivity contribution in [1.82, 2.24) is 9.21 Å². The molecule has 3 rings (SSSR count). The molecule has 0 saturated carbocycles. The molecular formula is C23H25F5N2OS. The summed E-state index contributed by atoms with van der Waals surface area (Å²) in [5.41, 5.74) is -0.254. The van der Waals surface area contributed by atoms with Crippen LogP contribution in [0.3, 0.4) is 0 Å². The van der Waals surface area contributed by atoms with E-state index in [0.717, 1.165) is 47.3 Å². The summed E-state index contributed by atoms with van der Waals surface area (Å²) in [4.78, 5) is 14.3. The van der Waals surface area contributed by atoms with E-state index in [9.17, 15) is 26.7 Å². The van der Waals surface area contributed by atoms with Crippen LogP contribution in [-0.2, 0) is 17.8 Å². The number of alkyl halides is 4. The second-order valence-electron chi connectivity index (χ2n) is 8.20. The fourth-order valence-corrected chi connectivity index (χ4v) is 4.81. The fourth-order valence-electron chi connectivity index (χ4n) is 3.74. The van der Waals surface area contributed by atoms with E-state index < -0.39 is 29.6 Å². The number of carbonyl (C=O) groups excluding carboxylic acids is 1. The molecule has 2 aromatic rings. The maximum atomic E-state index is 14.1. The lowest BCUT2D eigenvalue weighted by Crippen LogP contribution is -2.44. The molecule has 1 aliphatic rings. The van der Waals surface area contributed by atoms with E-state index in [1.165, 1.54) is 23.1 Å². The van der Waals surface area contributed by atoms with Crippen molar-refractivity contribution in [3.63, 3.8) is 0 Å². The third-order valence-electron chi connectivity index (χ3n) is 5.30. The smallest absolute Gasteiger partial charge is 0.335 e. The highest BCUT2D eigenvalue weighted by atomic mass is 32.2. The van der Waals surface area contributed by atoms with Gasteiger partial charge in [-0.05, 0) is 73.2 Å². The van der Waals surface area contributed by atoms with Crippen LogP contribution in [0.1, 0.15) is 43.5 Å². The quantitative estimate of drug-likeness (QED) is 0.375. The minimum Gasteiger partial charge on any atom is -0.335 e. The first-order chi connectivity index (χ1) is 14.9. The summed E-state index contributed by atoms with van der Waals surface area (Å²) >= 11 is 0.953. The Kier molecular flexibility index (Phi) is 7.19. The van der Waals surface area contributed by atoms with Gasteiger partial charge in [0.2, 0.25) is 0 Å². The predicted octanol–water partition coefficient (Wildman–Crippen LogP) is 6.09. The fraction of sp³-hybridized carbons (Fsp3) is 0.435. The summed E-state index contributed by atoms with van der Waals surface area (Å²) in [6.45, 7) is 4.74. The topological polar surface area (TPSA) is 23.6 Å². The number of benzene rings is 2. The van der Waals surface area contributed by atoms with Crippen LogP contribution < -0.4 is 0 Å². The van der Waals surface area contributed by atoms with Gasteiger partial charge in [-0.3, -0.25) is 4.79 Å². The van der Waals surface area contributed by atoms with Gasteiger partial charge in [0.15, 0.2) is 5.67 Å². The summed E-state index contributed by atoms with van der Waals surface area (Å²) in [6.07, 6.45) is -4.01. The van der Waals surface area contributed by atoms with Gasteiger partial charge in [-0.15, -0.1) is 0 Å². The van der Waals surface area contributed by atoms with Crippen molar-refractivity contribution < 1.29 is 26.7 Å². The van der Waals surface area contributed by atoms with Crippen LogP contribution in [0, 0.1) is 5.82 Å². The Hall–Kier alpha value is -2.13.